The Morgan fingerprint density at radius 3 is 1.62 bits per heavy atom. The fourth-order valence-corrected chi connectivity index (χ4v) is 8.80. The molecule has 0 atom stereocenters. The van der Waals surface area contributed by atoms with Gasteiger partial charge in [-0.2, -0.15) is 0 Å². The van der Waals surface area contributed by atoms with Gasteiger partial charge in [-0.25, -0.2) is 0 Å². The van der Waals surface area contributed by atoms with Gasteiger partial charge in [0.1, 0.15) is 0 Å². The molecule has 0 fully saturated rings. The lowest BCUT2D eigenvalue weighted by atomic mass is 9.88. The van der Waals surface area contributed by atoms with Gasteiger partial charge in [-0.05, 0) is 130 Å². The van der Waals surface area contributed by atoms with Crippen LogP contribution in [-0.4, -0.2) is 5.11 Å². The second kappa shape index (κ2) is 19.3. The lowest BCUT2D eigenvalue weighted by molar-refractivity contribution is 0.282. The number of aryl methyl sites for hydroxylation is 4. The SMILES string of the molecule is Cc1ccc(C(=Cc2ccc(N(c3ccc(CO)cc3C)c3ccc(C=CC(=C(c4ccccc4)c4ccccc4)c4cccc(C)c4)c4ccccc34)cc2)c2ccc(C)cc2)cc1. The van der Waals surface area contributed by atoms with Gasteiger partial charge in [0.25, 0.3) is 0 Å². The fraction of sp³-hybridized carbons (Fsp3) is 0.0794. The number of fused-ring (bicyclic) bond motifs is 1. The molecule has 0 bridgehead atoms. The van der Waals surface area contributed by atoms with E-state index in [1.807, 2.05) is 6.07 Å². The summed E-state index contributed by atoms with van der Waals surface area (Å²) < 4.78 is 0. The predicted molar refractivity (Wildman–Crippen MR) is 278 cm³/mol. The molecule has 0 amide bonds. The van der Waals surface area contributed by atoms with Crippen LogP contribution in [0.25, 0.3) is 39.6 Å². The van der Waals surface area contributed by atoms with Crippen LogP contribution in [0.5, 0.6) is 0 Å². The number of allylic oxidation sites excluding steroid dienone is 2. The third-order valence-corrected chi connectivity index (χ3v) is 12.2. The van der Waals surface area contributed by atoms with Gasteiger partial charge < -0.3 is 10.0 Å². The molecular weight excluding hydrogens is 787 g/mol. The van der Waals surface area contributed by atoms with Gasteiger partial charge in [-0.15, -0.1) is 0 Å². The number of nitrogens with zero attached hydrogens (tertiary/aromatic N) is 1. The van der Waals surface area contributed by atoms with Crippen molar-refractivity contribution in [1.82, 2.24) is 0 Å². The van der Waals surface area contributed by atoms with Gasteiger partial charge in [0.2, 0.25) is 0 Å². The summed E-state index contributed by atoms with van der Waals surface area (Å²) in [6.07, 6.45) is 6.87. The molecule has 0 unspecified atom stereocenters. The molecule has 0 heterocycles. The highest BCUT2D eigenvalue weighted by molar-refractivity contribution is 6.07. The Bertz CT molecular complexity index is 3090. The molecule has 65 heavy (non-hydrogen) atoms. The first kappa shape index (κ1) is 42.5. The van der Waals surface area contributed by atoms with Crippen molar-refractivity contribution in [3.8, 4) is 0 Å². The molecule has 9 aromatic carbocycles. The van der Waals surface area contributed by atoms with Crippen molar-refractivity contribution in [1.29, 1.82) is 0 Å². The molecule has 1 N–H and O–H groups in total. The van der Waals surface area contributed by atoms with Crippen molar-refractivity contribution in [3.05, 3.63) is 285 Å². The second-order valence-corrected chi connectivity index (χ2v) is 16.9. The molecular formula is C63H53NO. The van der Waals surface area contributed by atoms with Gasteiger partial charge in [0.05, 0.1) is 12.3 Å². The standard InChI is InChI=1S/C63H53NO/c1-44-22-29-51(30-23-44)60(52-31-24-45(2)25-32-52)42-48-26-35-56(36-27-48)64(61-38-28-49(43-65)41-47(61)4)62-39-34-50(57-20-11-12-21-59(57)62)33-37-58(55-19-13-14-46(3)40-55)63(53-15-7-5-8-16-53)54-17-9-6-10-18-54/h5-42,65H,43H2,1-4H3. The summed E-state index contributed by atoms with van der Waals surface area (Å²) in [7, 11) is 0. The van der Waals surface area contributed by atoms with Crippen molar-refractivity contribution in [2.75, 3.05) is 4.90 Å². The van der Waals surface area contributed by atoms with E-state index in [-0.39, 0.29) is 6.61 Å². The van der Waals surface area contributed by atoms with Gasteiger partial charge in [-0.1, -0.05) is 217 Å². The lowest BCUT2D eigenvalue weighted by Gasteiger charge is -2.29. The van der Waals surface area contributed by atoms with Gasteiger partial charge in [-0.3, -0.25) is 0 Å². The molecule has 0 aliphatic heterocycles. The van der Waals surface area contributed by atoms with Crippen LogP contribution in [0.4, 0.5) is 17.1 Å². The highest BCUT2D eigenvalue weighted by Crippen LogP contribution is 2.43. The Balaban J connectivity index is 1.18. The van der Waals surface area contributed by atoms with Crippen LogP contribution in [0.3, 0.4) is 0 Å². The Hall–Kier alpha value is -7.78. The third-order valence-electron chi connectivity index (χ3n) is 12.2. The number of aliphatic hydroxyl groups excluding tert-OH is 1. The Kier molecular flexibility index (Phi) is 12.6. The smallest absolute Gasteiger partial charge is 0.0681 e. The van der Waals surface area contributed by atoms with Crippen molar-refractivity contribution in [2.24, 2.45) is 0 Å². The molecule has 0 aliphatic carbocycles. The number of hydrogen-bond donors (Lipinski definition) is 1. The highest BCUT2D eigenvalue weighted by Gasteiger charge is 2.19. The zero-order valence-electron chi connectivity index (χ0n) is 37.5. The van der Waals surface area contributed by atoms with Crippen LogP contribution < -0.4 is 4.90 Å². The van der Waals surface area contributed by atoms with E-state index in [9.17, 15) is 5.11 Å². The van der Waals surface area contributed by atoms with Crippen molar-refractivity contribution in [3.63, 3.8) is 0 Å². The van der Waals surface area contributed by atoms with Crippen molar-refractivity contribution >= 4 is 56.7 Å². The summed E-state index contributed by atoms with van der Waals surface area (Å²) in [6, 6.07) is 76.2. The van der Waals surface area contributed by atoms with Gasteiger partial charge in [0.15, 0.2) is 0 Å². The van der Waals surface area contributed by atoms with E-state index < -0.39 is 0 Å². The van der Waals surface area contributed by atoms with Crippen LogP contribution in [-0.2, 0) is 6.61 Å². The van der Waals surface area contributed by atoms with Crippen LogP contribution in [0.1, 0.15) is 66.8 Å². The summed E-state index contributed by atoms with van der Waals surface area (Å²) in [5.41, 5.74) is 20.5. The third kappa shape index (κ3) is 9.45. The normalized spacial score (nSPS) is 11.2. The first-order valence-corrected chi connectivity index (χ1v) is 22.4. The number of hydrogen-bond acceptors (Lipinski definition) is 2. The van der Waals surface area contributed by atoms with E-state index in [1.54, 1.807) is 0 Å². The average molecular weight is 840 g/mol. The van der Waals surface area contributed by atoms with E-state index in [4.69, 9.17) is 0 Å². The molecule has 2 nitrogen and oxygen atoms in total. The zero-order valence-corrected chi connectivity index (χ0v) is 37.5. The highest BCUT2D eigenvalue weighted by atomic mass is 16.3. The van der Waals surface area contributed by atoms with E-state index in [0.29, 0.717) is 0 Å². The number of anilines is 3. The Morgan fingerprint density at radius 2 is 1.03 bits per heavy atom. The Morgan fingerprint density at radius 1 is 0.462 bits per heavy atom. The number of rotatable bonds is 12. The van der Waals surface area contributed by atoms with E-state index in [0.717, 1.165) is 55.7 Å². The van der Waals surface area contributed by atoms with E-state index in [2.05, 4.69) is 257 Å². The molecule has 0 saturated carbocycles. The first-order valence-electron chi connectivity index (χ1n) is 22.4. The predicted octanol–water partition coefficient (Wildman–Crippen LogP) is 16.3. The minimum Gasteiger partial charge on any atom is -0.392 e. The topological polar surface area (TPSA) is 23.5 Å². The molecule has 9 rings (SSSR count). The van der Waals surface area contributed by atoms with Crippen LogP contribution in [0.15, 0.2) is 218 Å². The quantitative estimate of drug-likeness (QED) is 0.0979. The number of aliphatic hydroxyl groups is 1. The molecule has 9 aromatic rings. The molecule has 316 valence electrons. The molecule has 0 saturated heterocycles. The zero-order chi connectivity index (χ0) is 44.7. The molecule has 0 aliphatic rings. The van der Waals surface area contributed by atoms with Crippen LogP contribution in [0, 0.1) is 27.7 Å². The summed E-state index contributed by atoms with van der Waals surface area (Å²) in [4.78, 5) is 2.36. The minimum absolute atomic E-state index is 0.00828. The fourth-order valence-electron chi connectivity index (χ4n) is 8.80. The summed E-state index contributed by atoms with van der Waals surface area (Å²) in [5.74, 6) is 0. The summed E-state index contributed by atoms with van der Waals surface area (Å²) in [5, 5.41) is 12.4. The lowest BCUT2D eigenvalue weighted by Crippen LogP contribution is -2.12. The maximum Gasteiger partial charge on any atom is 0.0681 e. The van der Waals surface area contributed by atoms with E-state index in [1.165, 1.54) is 55.7 Å². The Labute approximate surface area is 384 Å². The molecule has 0 spiro atoms. The second-order valence-electron chi connectivity index (χ2n) is 16.9. The van der Waals surface area contributed by atoms with Crippen LogP contribution in [0.2, 0.25) is 0 Å². The van der Waals surface area contributed by atoms with Crippen molar-refractivity contribution < 1.29 is 5.11 Å². The minimum atomic E-state index is -0.00828. The largest absolute Gasteiger partial charge is 0.392 e. The summed E-state index contributed by atoms with van der Waals surface area (Å²) >= 11 is 0. The summed E-state index contributed by atoms with van der Waals surface area (Å²) in [6.45, 7) is 8.54. The van der Waals surface area contributed by atoms with Gasteiger partial charge >= 0.3 is 0 Å². The maximum absolute atomic E-state index is 10.1. The molecule has 0 aromatic heterocycles. The average Bonchev–Trinajstić information content (AvgIpc) is 3.34. The molecule has 2 heteroatoms. The van der Waals surface area contributed by atoms with E-state index >= 15 is 0 Å². The monoisotopic (exact) mass is 839 g/mol. The first-order chi connectivity index (χ1) is 31.8. The van der Waals surface area contributed by atoms with Gasteiger partial charge in [0, 0.05) is 16.8 Å². The molecule has 0 radical (unpaired) electrons. The van der Waals surface area contributed by atoms with Crippen LogP contribution >= 0.6 is 0 Å². The maximum atomic E-state index is 10.1. The number of benzene rings is 9. The van der Waals surface area contributed by atoms with Crippen molar-refractivity contribution in [2.45, 2.75) is 34.3 Å².